The highest BCUT2D eigenvalue weighted by molar-refractivity contribution is 5.14. The summed E-state index contributed by atoms with van der Waals surface area (Å²) in [6, 6.07) is 0. The zero-order valence-electron chi connectivity index (χ0n) is 10.1. The Morgan fingerprint density at radius 2 is 1.86 bits per heavy atom. The van der Waals surface area contributed by atoms with Crippen molar-refractivity contribution in [3.05, 3.63) is 36.5 Å². The Labute approximate surface area is 89.4 Å². The topological polar surface area (TPSA) is 0 Å². The lowest BCUT2D eigenvalue weighted by molar-refractivity contribution is 0.436. The van der Waals surface area contributed by atoms with Gasteiger partial charge >= 0.3 is 0 Å². The molecule has 0 aromatic carbocycles. The molecule has 0 saturated heterocycles. The summed E-state index contributed by atoms with van der Waals surface area (Å²) in [5.74, 6) is 1.60. The Hall–Kier alpha value is -0.780. The first-order valence-corrected chi connectivity index (χ1v) is 5.51. The van der Waals surface area contributed by atoms with Crippen molar-refractivity contribution in [2.75, 3.05) is 0 Å². The highest BCUT2D eigenvalue weighted by Crippen LogP contribution is 2.18. The first-order chi connectivity index (χ1) is 6.56. The summed E-state index contributed by atoms with van der Waals surface area (Å²) >= 11 is 0. The maximum absolute atomic E-state index is 3.64. The van der Waals surface area contributed by atoms with Crippen molar-refractivity contribution in [3.63, 3.8) is 0 Å². The molecular weight excluding hydrogens is 168 g/mol. The first kappa shape index (κ1) is 13.2. The maximum atomic E-state index is 3.64. The molecule has 0 radical (unpaired) electrons. The van der Waals surface area contributed by atoms with Gasteiger partial charge in [0.15, 0.2) is 0 Å². The molecule has 0 aliphatic carbocycles. The second-order valence-electron chi connectivity index (χ2n) is 4.57. The van der Waals surface area contributed by atoms with Crippen LogP contribution in [0.3, 0.4) is 0 Å². The molecule has 0 aliphatic rings. The van der Waals surface area contributed by atoms with Crippen LogP contribution in [0, 0.1) is 11.8 Å². The van der Waals surface area contributed by atoms with Crippen LogP contribution in [0.15, 0.2) is 36.5 Å². The van der Waals surface area contributed by atoms with Crippen LogP contribution >= 0.6 is 0 Å². The normalized spacial score (nSPS) is 15.1. The molecule has 80 valence electrons. The van der Waals surface area contributed by atoms with E-state index >= 15 is 0 Å². The fourth-order valence-electron chi connectivity index (χ4n) is 1.80. The van der Waals surface area contributed by atoms with Crippen molar-refractivity contribution in [3.8, 4) is 0 Å². The molecule has 0 fully saturated rings. The van der Waals surface area contributed by atoms with Gasteiger partial charge in [-0.15, -0.1) is 0 Å². The van der Waals surface area contributed by atoms with Gasteiger partial charge in [-0.2, -0.15) is 0 Å². The standard InChI is InChI=1S/C14H24/c1-6-7-8-9-13(4)11-14(5)10-12(2)3/h6-9,12,14H,1,10-11H2,2-5H3/b8-7-,13-9-. The molecular formula is C14H24. The van der Waals surface area contributed by atoms with E-state index in [-0.39, 0.29) is 0 Å². The zero-order valence-corrected chi connectivity index (χ0v) is 10.1. The van der Waals surface area contributed by atoms with E-state index in [4.69, 9.17) is 0 Å². The smallest absolute Gasteiger partial charge is 0.0294 e. The van der Waals surface area contributed by atoms with E-state index in [1.54, 1.807) is 6.08 Å². The van der Waals surface area contributed by atoms with Crippen molar-refractivity contribution >= 4 is 0 Å². The second-order valence-corrected chi connectivity index (χ2v) is 4.57. The molecule has 1 unspecified atom stereocenters. The Kier molecular flexibility index (Phi) is 7.18. The summed E-state index contributed by atoms with van der Waals surface area (Å²) < 4.78 is 0. The average Bonchev–Trinajstić information content (AvgIpc) is 2.02. The molecule has 0 nitrogen and oxygen atoms in total. The number of hydrogen-bond donors (Lipinski definition) is 0. The molecule has 0 bridgehead atoms. The quantitative estimate of drug-likeness (QED) is 0.533. The minimum Gasteiger partial charge on any atom is -0.0991 e. The van der Waals surface area contributed by atoms with Crippen LogP contribution in [0.25, 0.3) is 0 Å². The summed E-state index contributed by atoms with van der Waals surface area (Å²) in [4.78, 5) is 0. The third kappa shape index (κ3) is 7.85. The SMILES string of the molecule is C=C/C=C\C=C(\C)CC(C)CC(C)C. The molecule has 0 amide bonds. The average molecular weight is 192 g/mol. The van der Waals surface area contributed by atoms with Crippen molar-refractivity contribution < 1.29 is 0 Å². The first-order valence-electron chi connectivity index (χ1n) is 5.51. The molecule has 1 atom stereocenters. The van der Waals surface area contributed by atoms with Gasteiger partial charge in [0.2, 0.25) is 0 Å². The Morgan fingerprint density at radius 1 is 1.21 bits per heavy atom. The van der Waals surface area contributed by atoms with E-state index in [9.17, 15) is 0 Å². The van der Waals surface area contributed by atoms with Crippen LogP contribution in [0.1, 0.15) is 40.5 Å². The molecule has 14 heavy (non-hydrogen) atoms. The predicted molar refractivity (Wildman–Crippen MR) is 66.3 cm³/mol. The number of allylic oxidation sites excluding steroid dienone is 5. The van der Waals surface area contributed by atoms with Crippen LogP contribution in [0.2, 0.25) is 0 Å². The second kappa shape index (κ2) is 7.61. The highest BCUT2D eigenvalue weighted by atomic mass is 14.1. The summed E-state index contributed by atoms with van der Waals surface area (Å²) in [6.45, 7) is 12.7. The van der Waals surface area contributed by atoms with E-state index in [0.717, 1.165) is 11.8 Å². The lowest BCUT2D eigenvalue weighted by Gasteiger charge is -2.13. The van der Waals surface area contributed by atoms with Gasteiger partial charge < -0.3 is 0 Å². The molecule has 0 aromatic heterocycles. The van der Waals surface area contributed by atoms with E-state index in [1.165, 1.54) is 18.4 Å². The van der Waals surface area contributed by atoms with Crippen LogP contribution in [-0.4, -0.2) is 0 Å². The molecule has 0 spiro atoms. The van der Waals surface area contributed by atoms with Crippen molar-refractivity contribution in [2.45, 2.75) is 40.5 Å². The monoisotopic (exact) mass is 192 g/mol. The van der Waals surface area contributed by atoms with Gasteiger partial charge in [-0.05, 0) is 31.6 Å². The summed E-state index contributed by atoms with van der Waals surface area (Å²) in [6.07, 6.45) is 10.5. The summed E-state index contributed by atoms with van der Waals surface area (Å²) in [7, 11) is 0. The zero-order chi connectivity index (χ0) is 11.0. The molecule has 0 rings (SSSR count). The molecule has 0 aliphatic heterocycles. The highest BCUT2D eigenvalue weighted by Gasteiger charge is 2.04. The van der Waals surface area contributed by atoms with Crippen molar-refractivity contribution in [1.29, 1.82) is 0 Å². The largest absolute Gasteiger partial charge is 0.0991 e. The minimum atomic E-state index is 0.795. The molecule has 0 aromatic rings. The van der Waals surface area contributed by atoms with Gasteiger partial charge in [0, 0.05) is 0 Å². The van der Waals surface area contributed by atoms with Crippen molar-refractivity contribution in [2.24, 2.45) is 11.8 Å². The minimum absolute atomic E-state index is 0.795. The summed E-state index contributed by atoms with van der Waals surface area (Å²) in [5.41, 5.74) is 1.45. The van der Waals surface area contributed by atoms with Gasteiger partial charge in [-0.25, -0.2) is 0 Å². The van der Waals surface area contributed by atoms with Gasteiger partial charge in [0.25, 0.3) is 0 Å². The lowest BCUT2D eigenvalue weighted by Crippen LogP contribution is -2.00. The Bertz CT molecular complexity index is 206. The van der Waals surface area contributed by atoms with Crippen LogP contribution in [0.5, 0.6) is 0 Å². The molecule has 0 heteroatoms. The fourth-order valence-corrected chi connectivity index (χ4v) is 1.80. The van der Waals surface area contributed by atoms with Gasteiger partial charge in [0.1, 0.15) is 0 Å². The Morgan fingerprint density at radius 3 is 2.36 bits per heavy atom. The predicted octanol–water partition coefficient (Wildman–Crippen LogP) is 4.75. The van der Waals surface area contributed by atoms with E-state index < -0.39 is 0 Å². The van der Waals surface area contributed by atoms with Crippen LogP contribution in [-0.2, 0) is 0 Å². The third-order valence-electron chi connectivity index (χ3n) is 2.17. The van der Waals surface area contributed by atoms with Crippen LogP contribution in [0.4, 0.5) is 0 Å². The maximum Gasteiger partial charge on any atom is -0.0294 e. The summed E-state index contributed by atoms with van der Waals surface area (Å²) in [5, 5.41) is 0. The van der Waals surface area contributed by atoms with Crippen LogP contribution < -0.4 is 0 Å². The molecule has 0 N–H and O–H groups in total. The van der Waals surface area contributed by atoms with Gasteiger partial charge in [-0.1, -0.05) is 57.2 Å². The van der Waals surface area contributed by atoms with E-state index in [2.05, 4.69) is 46.4 Å². The van der Waals surface area contributed by atoms with E-state index in [1.807, 2.05) is 6.08 Å². The number of rotatable bonds is 6. The molecule has 0 saturated carbocycles. The number of hydrogen-bond acceptors (Lipinski definition) is 0. The van der Waals surface area contributed by atoms with Gasteiger partial charge in [0.05, 0.1) is 0 Å². The fraction of sp³-hybridized carbons (Fsp3) is 0.571. The van der Waals surface area contributed by atoms with Crippen molar-refractivity contribution in [1.82, 2.24) is 0 Å². The van der Waals surface area contributed by atoms with Gasteiger partial charge in [-0.3, -0.25) is 0 Å². The lowest BCUT2D eigenvalue weighted by atomic mass is 9.93. The molecule has 0 heterocycles. The van der Waals surface area contributed by atoms with E-state index in [0.29, 0.717) is 0 Å². The Balaban J connectivity index is 3.91. The third-order valence-corrected chi connectivity index (χ3v) is 2.17.